The molecule has 1 aromatic rings. The Morgan fingerprint density at radius 3 is 2.33 bits per heavy atom. The summed E-state index contributed by atoms with van der Waals surface area (Å²) < 4.78 is 8.55. The predicted molar refractivity (Wildman–Crippen MR) is 51.4 cm³/mol. The van der Waals surface area contributed by atoms with E-state index in [9.17, 15) is 0 Å². The van der Waals surface area contributed by atoms with Crippen molar-refractivity contribution in [2.24, 2.45) is 0 Å². The number of fused-ring (bicyclic) bond motifs is 1. The van der Waals surface area contributed by atoms with Gasteiger partial charge in [0, 0.05) is 0 Å². The third-order valence-electron chi connectivity index (χ3n) is 1.93. The predicted octanol–water partition coefficient (Wildman–Crippen LogP) is -0.179. The van der Waals surface area contributed by atoms with E-state index in [-0.39, 0.29) is 0 Å². The minimum absolute atomic E-state index is 1.21. The molecule has 0 aliphatic heterocycles. The number of hydrogen-bond acceptors (Lipinski definition) is 4. The first kappa shape index (κ1) is 12.1. The monoisotopic (exact) mass is 225 g/mol. The second-order valence-electron chi connectivity index (χ2n) is 3.09. The molecule has 0 heterocycles. The average Bonchev–Trinajstić information content (AvgIpc) is 2.16. The highest BCUT2D eigenvalue weighted by Gasteiger charge is 2.00. The zero-order chi connectivity index (χ0) is 11.3. The van der Waals surface area contributed by atoms with Crippen LogP contribution in [0.3, 0.4) is 0 Å². The summed E-state index contributed by atoms with van der Waals surface area (Å²) in [4.78, 5) is 25.6. The summed E-state index contributed by atoms with van der Waals surface area (Å²) in [5.41, 5.74) is 2.89. The lowest BCUT2D eigenvalue weighted by atomic mass is 9.98. The Morgan fingerprint density at radius 2 is 1.73 bits per heavy atom. The van der Waals surface area contributed by atoms with Gasteiger partial charge in [-0.25, -0.2) is 0 Å². The minimum Gasteiger partial charge on any atom is -0.822 e. The lowest BCUT2D eigenvalue weighted by Crippen LogP contribution is -2.24. The maximum absolute atomic E-state index is 8.55. The molecule has 0 atom stereocenters. The standard InChI is InChI=1S/C10H10.H3O4P/c1-2-6-10-8-4-3-7-9(10)5-1;1-5(2,3)4/h1-3,5-7H,4,8H2;(H3,1,2,3,4)/p-3. The SMILES string of the molecule is C1=Cc2ccccc2CC1.O=P([O-])([O-])[O-]. The third kappa shape index (κ3) is 5.50. The van der Waals surface area contributed by atoms with E-state index >= 15 is 0 Å². The van der Waals surface area contributed by atoms with E-state index in [0.717, 1.165) is 0 Å². The van der Waals surface area contributed by atoms with Crippen LogP contribution < -0.4 is 14.7 Å². The Hall–Kier alpha value is -0.930. The quantitative estimate of drug-likeness (QED) is 0.573. The van der Waals surface area contributed by atoms with Gasteiger partial charge in [0.25, 0.3) is 0 Å². The van der Waals surface area contributed by atoms with Crippen LogP contribution in [0.2, 0.25) is 0 Å². The van der Waals surface area contributed by atoms with Crippen molar-refractivity contribution in [3.63, 3.8) is 0 Å². The second-order valence-corrected chi connectivity index (χ2v) is 3.98. The minimum atomic E-state index is -5.39. The smallest absolute Gasteiger partial charge is 0.0228 e. The Balaban J connectivity index is 0.000000195. The van der Waals surface area contributed by atoms with E-state index in [4.69, 9.17) is 19.2 Å². The van der Waals surface area contributed by atoms with Crippen LogP contribution in [-0.4, -0.2) is 0 Å². The molecule has 1 aliphatic carbocycles. The molecule has 0 bridgehead atoms. The fraction of sp³-hybridized carbons (Fsp3) is 0.200. The highest BCUT2D eigenvalue weighted by Crippen LogP contribution is 2.17. The molecule has 0 unspecified atom stereocenters. The molecule has 2 rings (SSSR count). The fourth-order valence-electron chi connectivity index (χ4n) is 1.37. The molecule has 1 aromatic carbocycles. The van der Waals surface area contributed by atoms with Crippen molar-refractivity contribution in [1.29, 1.82) is 0 Å². The van der Waals surface area contributed by atoms with Crippen molar-refractivity contribution < 1.29 is 19.2 Å². The zero-order valence-electron chi connectivity index (χ0n) is 7.96. The molecule has 1 aliphatic rings. The van der Waals surface area contributed by atoms with Crippen LogP contribution >= 0.6 is 7.82 Å². The van der Waals surface area contributed by atoms with Gasteiger partial charge in [-0.1, -0.05) is 36.4 Å². The summed E-state index contributed by atoms with van der Waals surface area (Å²) in [5.74, 6) is 0. The maximum atomic E-state index is 8.55. The van der Waals surface area contributed by atoms with Crippen molar-refractivity contribution in [3.05, 3.63) is 41.5 Å². The number of allylic oxidation sites excluding steroid dienone is 1. The van der Waals surface area contributed by atoms with E-state index in [0.29, 0.717) is 0 Å². The molecule has 0 saturated carbocycles. The Bertz CT molecular complexity index is 386. The van der Waals surface area contributed by atoms with Gasteiger partial charge in [0.2, 0.25) is 0 Å². The lowest BCUT2D eigenvalue weighted by molar-refractivity contribution is -0.432. The molecule has 82 valence electrons. The first-order valence-corrected chi connectivity index (χ1v) is 5.90. The number of benzene rings is 1. The first-order chi connectivity index (χ1) is 6.97. The van der Waals surface area contributed by atoms with E-state index in [1.165, 1.54) is 24.0 Å². The summed E-state index contributed by atoms with van der Waals surface area (Å²) in [7, 11) is -5.39. The van der Waals surface area contributed by atoms with Crippen LogP contribution in [0.25, 0.3) is 6.08 Å². The summed E-state index contributed by atoms with van der Waals surface area (Å²) in [5, 5.41) is 0. The van der Waals surface area contributed by atoms with Gasteiger partial charge in [0.15, 0.2) is 0 Å². The van der Waals surface area contributed by atoms with Crippen LogP contribution in [0, 0.1) is 0 Å². The van der Waals surface area contributed by atoms with Crippen LogP contribution in [-0.2, 0) is 11.0 Å². The van der Waals surface area contributed by atoms with Crippen molar-refractivity contribution in [2.75, 3.05) is 0 Å². The maximum Gasteiger partial charge on any atom is -0.0228 e. The van der Waals surface area contributed by atoms with Crippen LogP contribution in [0.15, 0.2) is 30.3 Å². The molecule has 0 aromatic heterocycles. The van der Waals surface area contributed by atoms with Gasteiger partial charge in [0.05, 0.1) is 0 Å². The topological polar surface area (TPSA) is 86.2 Å². The van der Waals surface area contributed by atoms with Crippen molar-refractivity contribution >= 4 is 13.9 Å². The molecule has 0 saturated heterocycles. The van der Waals surface area contributed by atoms with Crippen molar-refractivity contribution in [2.45, 2.75) is 12.8 Å². The molecule has 0 radical (unpaired) electrons. The van der Waals surface area contributed by atoms with Gasteiger partial charge in [-0.2, -0.15) is 7.82 Å². The Kier molecular flexibility index (Phi) is 4.24. The van der Waals surface area contributed by atoms with Crippen LogP contribution in [0.1, 0.15) is 17.5 Å². The van der Waals surface area contributed by atoms with E-state index in [1.807, 2.05) is 0 Å². The molecule has 5 heteroatoms. The zero-order valence-corrected chi connectivity index (χ0v) is 8.85. The van der Waals surface area contributed by atoms with Crippen LogP contribution in [0.4, 0.5) is 0 Å². The largest absolute Gasteiger partial charge is 0.822 e. The molecular weight excluding hydrogens is 215 g/mol. The molecule has 0 fully saturated rings. The van der Waals surface area contributed by atoms with Crippen LogP contribution in [0.5, 0.6) is 0 Å². The normalized spacial score (nSPS) is 13.8. The van der Waals surface area contributed by atoms with Gasteiger partial charge in [-0.15, -0.1) is 0 Å². The number of aryl methyl sites for hydroxylation is 1. The van der Waals surface area contributed by atoms with Gasteiger partial charge in [0.1, 0.15) is 0 Å². The molecule has 4 nitrogen and oxygen atoms in total. The number of rotatable bonds is 0. The number of hydrogen-bond donors (Lipinski definition) is 0. The van der Waals surface area contributed by atoms with E-state index in [2.05, 4.69) is 36.4 Å². The van der Waals surface area contributed by atoms with Crippen molar-refractivity contribution in [3.8, 4) is 0 Å². The van der Waals surface area contributed by atoms with Gasteiger partial charge in [-0.05, 0) is 24.0 Å². The summed E-state index contributed by atoms with van der Waals surface area (Å²) in [6, 6.07) is 8.58. The second kappa shape index (κ2) is 5.24. The molecular formula is C10H10O4P-3. The Morgan fingerprint density at radius 1 is 1.13 bits per heavy atom. The highest BCUT2D eigenvalue weighted by atomic mass is 31.2. The molecule has 15 heavy (non-hydrogen) atoms. The Labute approximate surface area is 88.1 Å². The third-order valence-corrected chi connectivity index (χ3v) is 1.93. The highest BCUT2D eigenvalue weighted by molar-refractivity contribution is 7.40. The van der Waals surface area contributed by atoms with Gasteiger partial charge in [-0.3, -0.25) is 0 Å². The van der Waals surface area contributed by atoms with Crippen molar-refractivity contribution in [1.82, 2.24) is 0 Å². The molecule has 0 spiro atoms. The van der Waals surface area contributed by atoms with Gasteiger partial charge < -0.3 is 19.2 Å². The fourth-order valence-corrected chi connectivity index (χ4v) is 1.37. The average molecular weight is 225 g/mol. The van der Waals surface area contributed by atoms with Gasteiger partial charge >= 0.3 is 0 Å². The molecule has 0 amide bonds. The number of phosphoric acid groups is 1. The molecule has 0 N–H and O–H groups in total. The van der Waals surface area contributed by atoms with E-state index < -0.39 is 7.82 Å². The lowest BCUT2D eigenvalue weighted by Gasteiger charge is -2.36. The summed E-state index contributed by atoms with van der Waals surface area (Å²) in [6.07, 6.45) is 6.87. The summed E-state index contributed by atoms with van der Waals surface area (Å²) >= 11 is 0. The first-order valence-electron chi connectivity index (χ1n) is 4.44. The summed E-state index contributed by atoms with van der Waals surface area (Å²) in [6.45, 7) is 0. The van der Waals surface area contributed by atoms with E-state index in [1.54, 1.807) is 0 Å².